The van der Waals surface area contributed by atoms with Crippen LogP contribution in [0.4, 0.5) is 0 Å². The van der Waals surface area contributed by atoms with Crippen LogP contribution >= 0.6 is 12.4 Å². The Morgan fingerprint density at radius 2 is 1.82 bits per heavy atom. The fraction of sp³-hybridized carbons (Fsp3) is 0.722. The fourth-order valence-electron chi connectivity index (χ4n) is 4.32. The van der Waals surface area contributed by atoms with Gasteiger partial charge in [-0.1, -0.05) is 0 Å². The number of piperazine rings is 1. The van der Waals surface area contributed by atoms with Crippen LogP contribution in [-0.4, -0.2) is 86.8 Å². The van der Waals surface area contributed by atoms with E-state index in [4.69, 9.17) is 4.42 Å². The van der Waals surface area contributed by atoms with Crippen molar-refractivity contribution in [3.63, 3.8) is 0 Å². The summed E-state index contributed by atoms with van der Waals surface area (Å²) in [6, 6.07) is 1.80. The van der Waals surface area contributed by atoms with Gasteiger partial charge in [0.25, 0.3) is 5.91 Å². The highest BCUT2D eigenvalue weighted by Crippen LogP contribution is 2.28. The van der Waals surface area contributed by atoms with Crippen molar-refractivity contribution in [2.45, 2.75) is 37.1 Å². The minimum atomic E-state index is -3.58. The summed E-state index contributed by atoms with van der Waals surface area (Å²) in [6.45, 7) is 8.03. The molecule has 4 rings (SSSR count). The first-order chi connectivity index (χ1) is 13.0. The molecule has 1 amide bonds. The zero-order chi connectivity index (χ0) is 19.0. The molecule has 0 saturated carbocycles. The lowest BCUT2D eigenvalue weighted by molar-refractivity contribution is 0.0741. The van der Waals surface area contributed by atoms with Crippen LogP contribution < -0.4 is 5.32 Å². The van der Waals surface area contributed by atoms with Crippen LogP contribution in [0.3, 0.4) is 0 Å². The molecule has 1 N–H and O–H groups in total. The molecule has 1 aromatic rings. The van der Waals surface area contributed by atoms with Crippen molar-refractivity contribution in [2.24, 2.45) is 0 Å². The SMILES string of the molecule is Cc1oc(C(=O)N2CCC(N3CCNCC3)C2)cc1S(=O)(=O)N1CCCC1.Cl. The van der Waals surface area contributed by atoms with E-state index in [1.807, 2.05) is 0 Å². The molecule has 3 saturated heterocycles. The lowest BCUT2D eigenvalue weighted by atomic mass is 10.2. The third-order valence-electron chi connectivity index (χ3n) is 5.88. The van der Waals surface area contributed by atoms with Crippen molar-refractivity contribution in [1.29, 1.82) is 0 Å². The molecule has 1 atom stereocenters. The minimum Gasteiger partial charge on any atom is -0.455 e. The number of carbonyl (C=O) groups excluding carboxylic acids is 1. The van der Waals surface area contributed by atoms with Gasteiger partial charge in [-0.3, -0.25) is 9.69 Å². The molecule has 0 aliphatic carbocycles. The van der Waals surface area contributed by atoms with Crippen LogP contribution in [0.15, 0.2) is 15.4 Å². The molecule has 1 aromatic heterocycles. The number of hydrogen-bond acceptors (Lipinski definition) is 6. The number of nitrogens with zero attached hydrogens (tertiary/aromatic N) is 3. The summed E-state index contributed by atoms with van der Waals surface area (Å²) in [5.74, 6) is 0.216. The number of amides is 1. The lowest BCUT2D eigenvalue weighted by Gasteiger charge is -2.32. The van der Waals surface area contributed by atoms with Gasteiger partial charge in [-0.25, -0.2) is 8.42 Å². The monoisotopic (exact) mass is 432 g/mol. The average molecular weight is 433 g/mol. The van der Waals surface area contributed by atoms with Gasteiger partial charge in [-0.15, -0.1) is 12.4 Å². The first kappa shape index (κ1) is 21.6. The predicted octanol–water partition coefficient (Wildman–Crippen LogP) is 0.914. The summed E-state index contributed by atoms with van der Waals surface area (Å²) in [4.78, 5) is 17.2. The van der Waals surface area contributed by atoms with E-state index < -0.39 is 10.0 Å². The molecule has 0 radical (unpaired) electrons. The van der Waals surface area contributed by atoms with E-state index in [0.29, 0.717) is 38.0 Å². The van der Waals surface area contributed by atoms with E-state index >= 15 is 0 Å². The third kappa shape index (κ3) is 4.09. The Morgan fingerprint density at radius 3 is 2.50 bits per heavy atom. The van der Waals surface area contributed by atoms with E-state index in [1.165, 1.54) is 10.4 Å². The number of halogens is 1. The van der Waals surface area contributed by atoms with Gasteiger partial charge in [0.1, 0.15) is 10.7 Å². The number of carbonyl (C=O) groups is 1. The van der Waals surface area contributed by atoms with Gasteiger partial charge >= 0.3 is 0 Å². The van der Waals surface area contributed by atoms with Crippen LogP contribution in [0, 0.1) is 6.92 Å². The van der Waals surface area contributed by atoms with Crippen molar-refractivity contribution in [2.75, 3.05) is 52.4 Å². The molecule has 158 valence electrons. The second kappa shape index (κ2) is 8.71. The molecule has 1 unspecified atom stereocenters. The molecular weight excluding hydrogens is 404 g/mol. The maximum absolute atomic E-state index is 12.9. The van der Waals surface area contributed by atoms with Crippen LogP contribution in [-0.2, 0) is 10.0 Å². The Hall–Kier alpha value is -1.13. The summed E-state index contributed by atoms with van der Waals surface area (Å²) < 4.78 is 32.7. The zero-order valence-corrected chi connectivity index (χ0v) is 17.9. The topological polar surface area (TPSA) is 86.1 Å². The number of likely N-dealkylation sites (tertiary alicyclic amines) is 1. The van der Waals surface area contributed by atoms with E-state index in [2.05, 4.69) is 10.2 Å². The fourth-order valence-corrected chi connectivity index (χ4v) is 6.00. The third-order valence-corrected chi connectivity index (χ3v) is 7.89. The van der Waals surface area contributed by atoms with Crippen molar-refractivity contribution < 1.29 is 17.6 Å². The summed E-state index contributed by atoms with van der Waals surface area (Å²) >= 11 is 0. The number of aryl methyl sites for hydroxylation is 1. The highest BCUT2D eigenvalue weighted by Gasteiger charge is 2.35. The summed E-state index contributed by atoms with van der Waals surface area (Å²) in [5, 5.41) is 3.35. The normalized spacial score (nSPS) is 24.5. The quantitative estimate of drug-likeness (QED) is 0.761. The van der Waals surface area contributed by atoms with E-state index in [9.17, 15) is 13.2 Å². The smallest absolute Gasteiger partial charge is 0.289 e. The predicted molar refractivity (Wildman–Crippen MR) is 107 cm³/mol. The molecule has 4 heterocycles. The number of sulfonamides is 1. The molecular formula is C18H29ClN4O4S. The standard InChI is InChI=1S/C18H28N4O4S.ClH/c1-14-17(27(24,25)22-7-2-3-8-22)12-16(26-14)18(23)21-9-4-15(13-21)20-10-5-19-6-11-20;/h12,15,19H,2-11,13H2,1H3;1H. The average Bonchev–Trinajstić information content (AvgIpc) is 3.42. The zero-order valence-electron chi connectivity index (χ0n) is 16.2. The van der Waals surface area contributed by atoms with Crippen molar-refractivity contribution in [1.82, 2.24) is 19.4 Å². The minimum absolute atomic E-state index is 0. The van der Waals surface area contributed by atoms with Gasteiger partial charge in [0, 0.05) is 64.5 Å². The Morgan fingerprint density at radius 1 is 1.14 bits per heavy atom. The maximum Gasteiger partial charge on any atom is 0.289 e. The summed E-state index contributed by atoms with van der Waals surface area (Å²) in [6.07, 6.45) is 2.70. The Kier molecular flexibility index (Phi) is 6.71. The molecule has 0 bridgehead atoms. The highest BCUT2D eigenvalue weighted by molar-refractivity contribution is 7.89. The van der Waals surface area contributed by atoms with Crippen molar-refractivity contribution in [3.05, 3.63) is 17.6 Å². The Bertz CT molecular complexity index is 801. The second-order valence-electron chi connectivity index (χ2n) is 7.62. The molecule has 0 aromatic carbocycles. The molecule has 28 heavy (non-hydrogen) atoms. The Balaban J connectivity index is 0.00000225. The maximum atomic E-state index is 12.9. The van der Waals surface area contributed by atoms with Crippen molar-refractivity contribution in [3.8, 4) is 0 Å². The Labute approximate surface area is 172 Å². The van der Waals surface area contributed by atoms with Gasteiger partial charge in [0.05, 0.1) is 0 Å². The second-order valence-corrected chi connectivity index (χ2v) is 9.53. The summed E-state index contributed by atoms with van der Waals surface area (Å²) in [7, 11) is -3.58. The molecule has 8 nitrogen and oxygen atoms in total. The van der Waals surface area contributed by atoms with Crippen LogP contribution in [0.1, 0.15) is 35.6 Å². The molecule has 3 aliphatic heterocycles. The van der Waals surface area contributed by atoms with Gasteiger partial charge in [0.2, 0.25) is 10.0 Å². The first-order valence-electron chi connectivity index (χ1n) is 9.81. The molecule has 3 aliphatic rings. The van der Waals surface area contributed by atoms with Crippen LogP contribution in [0.5, 0.6) is 0 Å². The van der Waals surface area contributed by atoms with Gasteiger partial charge in [-0.2, -0.15) is 4.31 Å². The van der Waals surface area contributed by atoms with Crippen LogP contribution in [0.25, 0.3) is 0 Å². The number of rotatable bonds is 4. The first-order valence-corrected chi connectivity index (χ1v) is 11.3. The van der Waals surface area contributed by atoms with E-state index in [1.54, 1.807) is 11.8 Å². The summed E-state index contributed by atoms with van der Waals surface area (Å²) in [5.41, 5.74) is 0. The lowest BCUT2D eigenvalue weighted by Crippen LogP contribution is -2.49. The van der Waals surface area contributed by atoms with Gasteiger partial charge < -0.3 is 14.6 Å². The molecule has 10 heteroatoms. The highest BCUT2D eigenvalue weighted by atomic mass is 35.5. The van der Waals surface area contributed by atoms with Crippen molar-refractivity contribution >= 4 is 28.3 Å². The van der Waals surface area contributed by atoms with E-state index in [-0.39, 0.29) is 29.0 Å². The van der Waals surface area contributed by atoms with Crippen LogP contribution in [0.2, 0.25) is 0 Å². The number of nitrogens with one attached hydrogen (secondary N) is 1. The van der Waals surface area contributed by atoms with Gasteiger partial charge in [0.15, 0.2) is 5.76 Å². The molecule has 0 spiro atoms. The number of hydrogen-bond donors (Lipinski definition) is 1. The van der Waals surface area contributed by atoms with E-state index in [0.717, 1.165) is 45.4 Å². The number of furan rings is 1. The largest absolute Gasteiger partial charge is 0.455 e. The van der Waals surface area contributed by atoms with Gasteiger partial charge in [-0.05, 0) is 26.2 Å². The molecule has 3 fully saturated rings.